The molecule has 1 N–H and O–H groups in total. The number of pyridine rings is 2. The average Bonchev–Trinajstić information content (AvgIpc) is 2.78. The van der Waals surface area contributed by atoms with Crippen molar-refractivity contribution in [3.8, 4) is 11.6 Å². The number of halogens is 5. The topological polar surface area (TPSA) is 56.2 Å². The van der Waals surface area contributed by atoms with Gasteiger partial charge in [0.2, 0.25) is 5.88 Å². The van der Waals surface area contributed by atoms with E-state index in [9.17, 15) is 26.7 Å². The third-order valence-electron chi connectivity index (χ3n) is 4.67. The van der Waals surface area contributed by atoms with Crippen LogP contribution in [0.4, 0.5) is 33.5 Å². The first-order chi connectivity index (χ1) is 15.7. The first-order valence-corrected chi connectivity index (χ1v) is 9.70. The van der Waals surface area contributed by atoms with Gasteiger partial charge in [-0.2, -0.15) is 18.2 Å². The van der Waals surface area contributed by atoms with Crippen LogP contribution >= 0.6 is 0 Å². The quantitative estimate of drug-likeness (QED) is 0.369. The largest absolute Gasteiger partial charge is 0.472 e. The van der Waals surface area contributed by atoms with Gasteiger partial charge in [0.15, 0.2) is 17.7 Å². The maximum Gasteiger partial charge on any atom is 0.417 e. The molecule has 0 unspecified atom stereocenters. The van der Waals surface area contributed by atoms with E-state index >= 15 is 0 Å². The molecule has 170 valence electrons. The van der Waals surface area contributed by atoms with Crippen LogP contribution in [0.2, 0.25) is 0 Å². The number of fused-ring (bicyclic) bond motifs is 1. The minimum atomic E-state index is -4.95. The predicted octanol–water partition coefficient (Wildman–Crippen LogP) is 5.79. The molecule has 2 aromatic heterocycles. The van der Waals surface area contributed by atoms with Gasteiger partial charge in [0.25, 0.3) is 6.43 Å². The fraction of sp³-hybridized carbons (Fsp3) is 0.130. The summed E-state index contributed by atoms with van der Waals surface area (Å²) in [5, 5.41) is 2.31. The first-order valence-electron chi connectivity index (χ1n) is 9.70. The lowest BCUT2D eigenvalue weighted by Crippen LogP contribution is -2.19. The van der Waals surface area contributed by atoms with Gasteiger partial charge in [0, 0.05) is 23.5 Å². The highest BCUT2D eigenvalue weighted by atomic mass is 19.4. The minimum Gasteiger partial charge on any atom is -0.472 e. The number of anilines is 2. The molecule has 2 aromatic carbocycles. The van der Waals surface area contributed by atoms with Crippen molar-refractivity contribution in [3.05, 3.63) is 88.6 Å². The summed E-state index contributed by atoms with van der Waals surface area (Å²) in [5.41, 5.74) is -1.67. The van der Waals surface area contributed by atoms with E-state index < -0.39 is 41.5 Å². The van der Waals surface area contributed by atoms with E-state index in [-0.39, 0.29) is 11.5 Å². The second kappa shape index (κ2) is 8.89. The van der Waals surface area contributed by atoms with E-state index in [0.717, 1.165) is 6.07 Å². The van der Waals surface area contributed by atoms with Crippen LogP contribution in [0.15, 0.2) is 77.6 Å². The zero-order valence-corrected chi connectivity index (χ0v) is 16.8. The van der Waals surface area contributed by atoms with Gasteiger partial charge in [-0.05, 0) is 24.3 Å². The van der Waals surface area contributed by atoms with Gasteiger partial charge in [-0.25, -0.2) is 8.78 Å². The number of benzene rings is 2. The van der Waals surface area contributed by atoms with Crippen LogP contribution in [0, 0.1) is 0 Å². The van der Waals surface area contributed by atoms with Gasteiger partial charge in [-0.3, -0.25) is 9.36 Å². The highest BCUT2D eigenvalue weighted by Gasteiger charge is 2.36. The second-order valence-corrected chi connectivity index (χ2v) is 6.96. The number of hydrogen-bond acceptors (Lipinski definition) is 4. The fourth-order valence-corrected chi connectivity index (χ4v) is 3.33. The molecule has 0 saturated heterocycles. The molecule has 0 saturated carbocycles. The van der Waals surface area contributed by atoms with E-state index in [0.29, 0.717) is 17.4 Å². The highest BCUT2D eigenvalue weighted by Crippen LogP contribution is 2.37. The van der Waals surface area contributed by atoms with Crippen LogP contribution in [0.1, 0.15) is 5.56 Å². The summed E-state index contributed by atoms with van der Waals surface area (Å²) in [7, 11) is 0. The molecule has 0 atom stereocenters. The van der Waals surface area contributed by atoms with Crippen molar-refractivity contribution in [1.82, 2.24) is 9.55 Å². The number of nitrogens with one attached hydrogen (secondary N) is 1. The van der Waals surface area contributed by atoms with Crippen LogP contribution in [0.3, 0.4) is 0 Å². The van der Waals surface area contributed by atoms with Crippen molar-refractivity contribution in [3.63, 3.8) is 0 Å². The lowest BCUT2D eigenvalue weighted by atomic mass is 10.1. The lowest BCUT2D eigenvalue weighted by Gasteiger charge is -2.20. The van der Waals surface area contributed by atoms with Crippen molar-refractivity contribution < 1.29 is 26.7 Å². The SMILES string of the molecule is O=c1cc(Nc2ccccc2)n(-c2ccccc2)c2nc(OCC(F)F)cc(C(F)(F)F)c12. The Bertz CT molecular complexity index is 1320. The van der Waals surface area contributed by atoms with E-state index in [4.69, 9.17) is 4.74 Å². The Morgan fingerprint density at radius 1 is 0.970 bits per heavy atom. The van der Waals surface area contributed by atoms with E-state index in [2.05, 4.69) is 10.3 Å². The molecule has 0 radical (unpaired) electrons. The fourth-order valence-electron chi connectivity index (χ4n) is 3.33. The molecule has 4 rings (SSSR count). The summed E-state index contributed by atoms with van der Waals surface area (Å²) < 4.78 is 73.0. The van der Waals surface area contributed by atoms with Crippen molar-refractivity contribution in [2.24, 2.45) is 0 Å². The van der Waals surface area contributed by atoms with Crippen molar-refractivity contribution in [2.45, 2.75) is 12.6 Å². The number of hydrogen-bond donors (Lipinski definition) is 1. The normalized spacial score (nSPS) is 11.7. The standard InChI is InChI=1S/C23H16F5N3O2/c24-18(25)13-33-20-11-16(23(26,27)28)21-17(32)12-19(29-14-7-3-1-4-8-14)31(22(21)30-20)15-9-5-2-6-10-15/h1-12,18,29H,13H2. The molecular weight excluding hydrogens is 445 g/mol. The molecular formula is C23H16F5N3O2. The first kappa shape index (κ1) is 22.3. The van der Waals surface area contributed by atoms with Crippen LogP contribution in [-0.2, 0) is 6.18 Å². The third-order valence-corrected chi connectivity index (χ3v) is 4.67. The van der Waals surface area contributed by atoms with Crippen LogP contribution < -0.4 is 15.5 Å². The molecule has 0 fully saturated rings. The molecule has 0 spiro atoms. The van der Waals surface area contributed by atoms with E-state index in [1.807, 2.05) is 0 Å². The smallest absolute Gasteiger partial charge is 0.417 e. The second-order valence-electron chi connectivity index (χ2n) is 6.96. The molecule has 5 nitrogen and oxygen atoms in total. The summed E-state index contributed by atoms with van der Waals surface area (Å²) >= 11 is 0. The predicted molar refractivity (Wildman–Crippen MR) is 114 cm³/mol. The molecule has 4 aromatic rings. The molecule has 0 aliphatic heterocycles. The maximum atomic E-state index is 13.9. The van der Waals surface area contributed by atoms with Gasteiger partial charge >= 0.3 is 6.18 Å². The highest BCUT2D eigenvalue weighted by molar-refractivity contribution is 5.85. The molecule has 2 heterocycles. The van der Waals surface area contributed by atoms with Gasteiger partial charge < -0.3 is 10.1 Å². The molecule has 33 heavy (non-hydrogen) atoms. The summed E-state index contributed by atoms with van der Waals surface area (Å²) in [6, 6.07) is 18.4. The van der Waals surface area contributed by atoms with Gasteiger partial charge in [-0.15, -0.1) is 0 Å². The Balaban J connectivity index is 2.06. The van der Waals surface area contributed by atoms with Crippen molar-refractivity contribution in [2.75, 3.05) is 11.9 Å². The minimum absolute atomic E-state index is 0.136. The number of para-hydroxylation sites is 2. The number of aromatic nitrogens is 2. The monoisotopic (exact) mass is 461 g/mol. The zero-order valence-electron chi connectivity index (χ0n) is 16.8. The summed E-state index contributed by atoms with van der Waals surface area (Å²) in [4.78, 5) is 16.9. The summed E-state index contributed by atoms with van der Waals surface area (Å²) in [5.74, 6) is -0.535. The third kappa shape index (κ3) is 4.79. The van der Waals surface area contributed by atoms with Gasteiger partial charge in [-0.1, -0.05) is 36.4 Å². The Morgan fingerprint density at radius 2 is 1.61 bits per heavy atom. The average molecular weight is 461 g/mol. The number of ether oxygens (including phenoxy) is 1. The Morgan fingerprint density at radius 3 is 2.21 bits per heavy atom. The van der Waals surface area contributed by atoms with Crippen molar-refractivity contribution in [1.29, 1.82) is 0 Å². The van der Waals surface area contributed by atoms with E-state index in [1.54, 1.807) is 60.7 Å². The number of rotatable bonds is 6. The zero-order chi connectivity index (χ0) is 23.6. The van der Waals surface area contributed by atoms with Crippen LogP contribution in [0.25, 0.3) is 16.7 Å². The Hall–Kier alpha value is -3.95. The van der Waals surface area contributed by atoms with Gasteiger partial charge in [0.1, 0.15) is 5.82 Å². The van der Waals surface area contributed by atoms with Gasteiger partial charge in [0.05, 0.1) is 10.9 Å². The number of alkyl halides is 5. The number of nitrogens with zero attached hydrogens (tertiary/aromatic N) is 2. The Kier molecular flexibility index (Phi) is 5.99. The summed E-state index contributed by atoms with van der Waals surface area (Å²) in [6.07, 6.45) is -7.87. The summed E-state index contributed by atoms with van der Waals surface area (Å²) in [6.45, 7) is -1.15. The molecule has 10 heteroatoms. The molecule has 0 bridgehead atoms. The maximum absolute atomic E-state index is 13.9. The Labute approximate surface area is 184 Å². The molecule has 0 aliphatic rings. The van der Waals surface area contributed by atoms with Crippen LogP contribution in [-0.4, -0.2) is 22.6 Å². The lowest BCUT2D eigenvalue weighted by molar-refractivity contribution is -0.136. The van der Waals surface area contributed by atoms with Crippen molar-refractivity contribution >= 4 is 22.5 Å². The van der Waals surface area contributed by atoms with E-state index in [1.165, 1.54) is 4.57 Å². The molecule has 0 amide bonds. The molecule has 0 aliphatic carbocycles. The van der Waals surface area contributed by atoms with Crippen LogP contribution in [0.5, 0.6) is 5.88 Å².